The maximum atomic E-state index is 12.9. The van der Waals surface area contributed by atoms with E-state index >= 15 is 0 Å². The molecule has 0 N–H and O–H groups in total. The highest BCUT2D eigenvalue weighted by molar-refractivity contribution is 5.71. The number of hydrogen-bond acceptors (Lipinski definition) is 6. The summed E-state index contributed by atoms with van der Waals surface area (Å²) in [5, 5.41) is 0. The van der Waals surface area contributed by atoms with Crippen LogP contribution >= 0.6 is 0 Å². The van der Waals surface area contributed by atoms with Crippen molar-refractivity contribution in [3.8, 4) is 0 Å². The van der Waals surface area contributed by atoms with Gasteiger partial charge in [0.1, 0.15) is 13.2 Å². The second kappa shape index (κ2) is 60.9. The van der Waals surface area contributed by atoms with E-state index in [1.54, 1.807) is 0 Å². The van der Waals surface area contributed by atoms with Gasteiger partial charge in [-0.2, -0.15) is 0 Å². The van der Waals surface area contributed by atoms with Crippen LogP contribution in [0.15, 0.2) is 48.6 Å². The minimum absolute atomic E-state index is 0.0724. The third-order valence-electron chi connectivity index (χ3n) is 14.1. The van der Waals surface area contributed by atoms with E-state index in [-0.39, 0.29) is 31.1 Å². The smallest absolute Gasteiger partial charge is 0.306 e. The van der Waals surface area contributed by atoms with E-state index in [4.69, 9.17) is 14.2 Å². The first-order chi connectivity index (χ1) is 35.5. The van der Waals surface area contributed by atoms with Crippen LogP contribution in [-0.2, 0) is 28.6 Å². The van der Waals surface area contributed by atoms with E-state index < -0.39 is 6.10 Å². The van der Waals surface area contributed by atoms with Crippen molar-refractivity contribution in [2.24, 2.45) is 0 Å². The molecule has 6 nitrogen and oxygen atoms in total. The molecule has 0 aromatic carbocycles. The molecule has 0 aromatic heterocycles. The maximum absolute atomic E-state index is 12.9. The standard InChI is InChI=1S/C66H120O6/c1-4-7-10-13-16-19-22-25-27-29-30-31-32-33-34-35-36-38-39-41-44-47-50-53-56-59-65(68)71-62-63(61-70-64(67)58-55-52-49-46-43-24-21-18-15-12-9-6-3)72-66(69)60-57-54-51-48-45-42-40-37-28-26-23-20-17-14-11-8-5-2/h22,25-26,28-30,32-33,63H,4-21,23-24,27,31,34-62H2,1-3H3/b25-22-,28-26-,30-29-,33-32-. The Morgan fingerprint density at radius 2 is 0.500 bits per heavy atom. The van der Waals surface area contributed by atoms with Crippen molar-refractivity contribution < 1.29 is 28.6 Å². The van der Waals surface area contributed by atoms with Crippen molar-refractivity contribution in [1.29, 1.82) is 0 Å². The van der Waals surface area contributed by atoms with Crippen molar-refractivity contribution in [3.05, 3.63) is 48.6 Å². The highest BCUT2D eigenvalue weighted by Crippen LogP contribution is 2.17. The number of carbonyl (C=O) groups excluding carboxylic acids is 3. The lowest BCUT2D eigenvalue weighted by atomic mass is 10.0. The van der Waals surface area contributed by atoms with Crippen LogP contribution < -0.4 is 0 Å². The predicted octanol–water partition coefficient (Wildman–Crippen LogP) is 21.4. The van der Waals surface area contributed by atoms with Crippen molar-refractivity contribution >= 4 is 17.9 Å². The van der Waals surface area contributed by atoms with Gasteiger partial charge < -0.3 is 14.2 Å². The van der Waals surface area contributed by atoms with Crippen LogP contribution in [0.5, 0.6) is 0 Å². The quantitative estimate of drug-likeness (QED) is 0.0261. The van der Waals surface area contributed by atoms with Crippen LogP contribution in [-0.4, -0.2) is 37.2 Å². The normalized spacial score (nSPS) is 12.3. The zero-order valence-electron chi connectivity index (χ0n) is 48.2. The van der Waals surface area contributed by atoms with E-state index in [1.165, 1.54) is 225 Å². The fourth-order valence-electron chi connectivity index (χ4n) is 9.27. The van der Waals surface area contributed by atoms with E-state index in [0.717, 1.165) is 70.6 Å². The first kappa shape index (κ1) is 69.4. The Morgan fingerprint density at radius 1 is 0.278 bits per heavy atom. The van der Waals surface area contributed by atoms with Gasteiger partial charge in [-0.1, -0.05) is 281 Å². The van der Waals surface area contributed by atoms with E-state index in [0.29, 0.717) is 19.3 Å². The van der Waals surface area contributed by atoms with Crippen LogP contribution in [0.3, 0.4) is 0 Å². The van der Waals surface area contributed by atoms with Gasteiger partial charge in [0.15, 0.2) is 6.10 Å². The van der Waals surface area contributed by atoms with Crippen molar-refractivity contribution in [1.82, 2.24) is 0 Å². The number of esters is 3. The molecule has 0 heterocycles. The third-order valence-corrected chi connectivity index (χ3v) is 14.1. The Labute approximate surface area is 448 Å². The first-order valence-electron chi connectivity index (χ1n) is 31.6. The summed E-state index contributed by atoms with van der Waals surface area (Å²) >= 11 is 0. The molecule has 420 valence electrons. The summed E-state index contributed by atoms with van der Waals surface area (Å²) in [6.07, 6.45) is 75.4. The van der Waals surface area contributed by atoms with Gasteiger partial charge in [-0.25, -0.2) is 0 Å². The molecule has 0 radical (unpaired) electrons. The van der Waals surface area contributed by atoms with Gasteiger partial charge in [0.25, 0.3) is 0 Å². The molecule has 0 rings (SSSR count). The van der Waals surface area contributed by atoms with Crippen molar-refractivity contribution in [3.63, 3.8) is 0 Å². The molecular formula is C66H120O6. The van der Waals surface area contributed by atoms with Crippen LogP contribution in [0.25, 0.3) is 0 Å². The molecular weight excluding hydrogens is 889 g/mol. The molecule has 72 heavy (non-hydrogen) atoms. The van der Waals surface area contributed by atoms with Gasteiger partial charge in [-0.05, 0) is 83.5 Å². The van der Waals surface area contributed by atoms with E-state index in [9.17, 15) is 14.4 Å². The lowest BCUT2D eigenvalue weighted by Crippen LogP contribution is -2.30. The van der Waals surface area contributed by atoms with E-state index in [1.807, 2.05) is 0 Å². The molecule has 0 aromatic rings. The lowest BCUT2D eigenvalue weighted by Gasteiger charge is -2.18. The summed E-state index contributed by atoms with van der Waals surface area (Å²) in [4.78, 5) is 38.2. The van der Waals surface area contributed by atoms with Gasteiger partial charge >= 0.3 is 17.9 Å². The third kappa shape index (κ3) is 58.3. The van der Waals surface area contributed by atoms with Gasteiger partial charge in [-0.15, -0.1) is 0 Å². The second-order valence-electron chi connectivity index (χ2n) is 21.3. The van der Waals surface area contributed by atoms with Crippen LogP contribution in [0.2, 0.25) is 0 Å². The summed E-state index contributed by atoms with van der Waals surface area (Å²) in [6.45, 7) is 6.66. The molecule has 0 aliphatic carbocycles. The zero-order chi connectivity index (χ0) is 52.2. The number of hydrogen-bond donors (Lipinski definition) is 0. The van der Waals surface area contributed by atoms with Gasteiger partial charge in [0.05, 0.1) is 0 Å². The molecule has 1 atom stereocenters. The Kier molecular flexibility index (Phi) is 58.7. The number of allylic oxidation sites excluding steroid dienone is 8. The monoisotopic (exact) mass is 1010 g/mol. The average Bonchev–Trinajstić information content (AvgIpc) is 3.38. The minimum atomic E-state index is -0.775. The number of rotatable bonds is 58. The minimum Gasteiger partial charge on any atom is -0.462 e. The maximum Gasteiger partial charge on any atom is 0.306 e. The van der Waals surface area contributed by atoms with Gasteiger partial charge in [0, 0.05) is 19.3 Å². The average molecular weight is 1010 g/mol. The lowest BCUT2D eigenvalue weighted by molar-refractivity contribution is -0.167. The van der Waals surface area contributed by atoms with Gasteiger partial charge in [-0.3, -0.25) is 14.4 Å². The largest absolute Gasteiger partial charge is 0.462 e. The molecule has 0 aliphatic rings. The molecule has 6 heteroatoms. The highest BCUT2D eigenvalue weighted by atomic mass is 16.6. The Balaban J connectivity index is 4.27. The molecule has 0 fully saturated rings. The van der Waals surface area contributed by atoms with Crippen LogP contribution in [0, 0.1) is 0 Å². The van der Waals surface area contributed by atoms with Crippen molar-refractivity contribution in [2.75, 3.05) is 13.2 Å². The molecule has 1 unspecified atom stereocenters. The summed E-state index contributed by atoms with van der Waals surface area (Å²) in [7, 11) is 0. The Morgan fingerprint density at radius 3 is 0.792 bits per heavy atom. The van der Waals surface area contributed by atoms with Crippen LogP contribution in [0.4, 0.5) is 0 Å². The van der Waals surface area contributed by atoms with Crippen molar-refractivity contribution in [2.45, 2.75) is 341 Å². The summed E-state index contributed by atoms with van der Waals surface area (Å²) in [6, 6.07) is 0. The Bertz CT molecular complexity index is 1250. The first-order valence-corrected chi connectivity index (χ1v) is 31.6. The second-order valence-corrected chi connectivity index (χ2v) is 21.3. The number of unbranched alkanes of at least 4 members (excludes halogenated alkanes) is 39. The molecule has 0 bridgehead atoms. The SMILES string of the molecule is CCCCCCC/C=C\C/C=C\C/C=C\CCCCCCCCCCCCC(=O)OCC(COC(=O)CCCCCCCCCCCCCC)OC(=O)CCCCCCCCC/C=C\CCCCCCCC. The Hall–Kier alpha value is -2.63. The molecule has 0 amide bonds. The molecule has 0 aliphatic heterocycles. The molecule has 0 saturated carbocycles. The zero-order valence-corrected chi connectivity index (χ0v) is 48.2. The van der Waals surface area contributed by atoms with E-state index in [2.05, 4.69) is 69.4 Å². The van der Waals surface area contributed by atoms with Gasteiger partial charge in [0.2, 0.25) is 0 Å². The molecule has 0 saturated heterocycles. The fraction of sp³-hybridized carbons (Fsp3) is 0.833. The number of carbonyl (C=O) groups is 3. The highest BCUT2D eigenvalue weighted by Gasteiger charge is 2.19. The van der Waals surface area contributed by atoms with Crippen LogP contribution in [0.1, 0.15) is 335 Å². The summed E-state index contributed by atoms with van der Waals surface area (Å²) in [5.74, 6) is -0.863. The molecule has 0 spiro atoms. The summed E-state index contributed by atoms with van der Waals surface area (Å²) in [5.41, 5.74) is 0. The predicted molar refractivity (Wildman–Crippen MR) is 312 cm³/mol. The topological polar surface area (TPSA) is 78.9 Å². The number of ether oxygens (including phenoxy) is 3. The fourth-order valence-corrected chi connectivity index (χ4v) is 9.27. The summed E-state index contributed by atoms with van der Waals surface area (Å²) < 4.78 is 16.9.